The van der Waals surface area contributed by atoms with Crippen molar-refractivity contribution in [1.82, 2.24) is 10.3 Å². The number of amides is 1. The number of anilines is 1. The number of unbranched alkanes of at least 4 members (excludes halogenated alkanes) is 2. The van der Waals surface area contributed by atoms with E-state index >= 15 is 0 Å². The van der Waals surface area contributed by atoms with Gasteiger partial charge in [-0.05, 0) is 42.9 Å². The molecule has 3 rings (SSSR count). The molecular formula is C20H19Cl2N3OS2. The summed E-state index contributed by atoms with van der Waals surface area (Å²) in [6, 6.07) is 11.4. The smallest absolute Gasteiger partial charge is 0.226 e. The number of halogens is 2. The molecule has 3 aromatic rings. The molecule has 2 aromatic carbocycles. The third-order valence-electron chi connectivity index (χ3n) is 4.09. The zero-order valence-electron chi connectivity index (χ0n) is 15.2. The van der Waals surface area contributed by atoms with E-state index in [1.807, 2.05) is 24.3 Å². The topological polar surface area (TPSA) is 54.0 Å². The Kier molecular flexibility index (Phi) is 7.24. The largest absolute Gasteiger partial charge is 0.331 e. The van der Waals surface area contributed by atoms with Crippen LogP contribution < -0.4 is 10.6 Å². The van der Waals surface area contributed by atoms with Gasteiger partial charge in [-0.25, -0.2) is 4.98 Å². The summed E-state index contributed by atoms with van der Waals surface area (Å²) in [7, 11) is 0. The summed E-state index contributed by atoms with van der Waals surface area (Å²) in [4.78, 5) is 16.6. The zero-order chi connectivity index (χ0) is 20.1. The van der Waals surface area contributed by atoms with Crippen LogP contribution in [0.15, 0.2) is 36.4 Å². The van der Waals surface area contributed by atoms with Crippen LogP contribution in [0.2, 0.25) is 10.0 Å². The van der Waals surface area contributed by atoms with Crippen molar-refractivity contribution in [3.8, 4) is 10.6 Å². The molecule has 0 radical (unpaired) electrons. The quantitative estimate of drug-likeness (QED) is 0.324. The lowest BCUT2D eigenvalue weighted by atomic mass is 10.2. The Morgan fingerprint density at radius 1 is 1.18 bits per heavy atom. The molecule has 1 amide bonds. The fourth-order valence-electron chi connectivity index (χ4n) is 2.67. The van der Waals surface area contributed by atoms with Gasteiger partial charge in [0.1, 0.15) is 5.01 Å². The molecule has 0 aliphatic carbocycles. The van der Waals surface area contributed by atoms with E-state index in [0.717, 1.165) is 40.1 Å². The van der Waals surface area contributed by atoms with Gasteiger partial charge in [-0.3, -0.25) is 4.79 Å². The number of carbonyl (C=O) groups is 1. The molecule has 1 aromatic heterocycles. The van der Waals surface area contributed by atoms with Crippen LogP contribution in [0.4, 0.5) is 5.69 Å². The van der Waals surface area contributed by atoms with Gasteiger partial charge in [0.25, 0.3) is 0 Å². The normalized spacial score (nSPS) is 10.8. The average molecular weight is 452 g/mol. The molecule has 0 aliphatic heterocycles. The molecule has 4 nitrogen and oxygen atoms in total. The molecule has 0 fully saturated rings. The number of hydrogen-bond acceptors (Lipinski definition) is 4. The van der Waals surface area contributed by atoms with Gasteiger partial charge in [0.2, 0.25) is 5.91 Å². The second-order valence-corrected chi connectivity index (χ2v) is 8.51. The van der Waals surface area contributed by atoms with Gasteiger partial charge in [-0.15, -0.1) is 11.3 Å². The lowest BCUT2D eigenvalue weighted by molar-refractivity contribution is -0.119. The average Bonchev–Trinajstić information content (AvgIpc) is 3.08. The molecular weight excluding hydrogens is 433 g/mol. The van der Waals surface area contributed by atoms with Crippen molar-refractivity contribution < 1.29 is 4.79 Å². The number of thiazole rings is 1. The van der Waals surface area contributed by atoms with Crippen LogP contribution in [0.25, 0.3) is 20.8 Å². The van der Waals surface area contributed by atoms with Crippen LogP contribution in [-0.4, -0.2) is 16.0 Å². The van der Waals surface area contributed by atoms with E-state index < -0.39 is 0 Å². The number of nitrogens with zero attached hydrogens (tertiary/aromatic N) is 1. The molecule has 8 heteroatoms. The predicted molar refractivity (Wildman–Crippen MR) is 124 cm³/mol. The summed E-state index contributed by atoms with van der Waals surface area (Å²) < 4.78 is 1.08. The van der Waals surface area contributed by atoms with E-state index in [1.165, 1.54) is 0 Å². The lowest BCUT2D eigenvalue weighted by Gasteiger charge is -2.13. The Morgan fingerprint density at radius 2 is 1.96 bits per heavy atom. The molecule has 0 aliphatic rings. The summed E-state index contributed by atoms with van der Waals surface area (Å²) in [6.45, 7) is 2.09. The van der Waals surface area contributed by atoms with E-state index in [4.69, 9.17) is 35.4 Å². The van der Waals surface area contributed by atoms with Crippen LogP contribution >= 0.6 is 46.8 Å². The Bertz CT molecular complexity index is 987. The minimum Gasteiger partial charge on any atom is -0.331 e. The van der Waals surface area contributed by atoms with Crippen LogP contribution in [0.1, 0.15) is 32.6 Å². The van der Waals surface area contributed by atoms with Gasteiger partial charge >= 0.3 is 0 Å². The maximum atomic E-state index is 11.9. The minimum absolute atomic E-state index is 0.109. The van der Waals surface area contributed by atoms with Gasteiger partial charge < -0.3 is 10.6 Å². The van der Waals surface area contributed by atoms with Crippen molar-refractivity contribution >= 4 is 73.7 Å². The highest BCUT2D eigenvalue weighted by atomic mass is 35.5. The Hall–Kier alpha value is -1.73. The van der Waals surface area contributed by atoms with Gasteiger partial charge in [-0.2, -0.15) is 0 Å². The highest BCUT2D eigenvalue weighted by Gasteiger charge is 2.14. The molecule has 0 unspecified atom stereocenters. The van der Waals surface area contributed by atoms with Crippen LogP contribution in [0.3, 0.4) is 0 Å². The Balaban J connectivity index is 1.78. The van der Waals surface area contributed by atoms with E-state index in [-0.39, 0.29) is 11.0 Å². The highest BCUT2D eigenvalue weighted by Crippen LogP contribution is 2.38. The number of fused-ring (bicyclic) bond motifs is 1. The van der Waals surface area contributed by atoms with Crippen LogP contribution in [0, 0.1) is 0 Å². The third kappa shape index (κ3) is 5.20. The van der Waals surface area contributed by atoms with Crippen molar-refractivity contribution in [3.05, 3.63) is 46.4 Å². The second-order valence-electron chi connectivity index (χ2n) is 6.26. The molecule has 0 saturated heterocycles. The maximum Gasteiger partial charge on any atom is 0.226 e. The van der Waals surface area contributed by atoms with Crippen molar-refractivity contribution in [2.75, 3.05) is 5.32 Å². The standard InChI is InChI=1S/C20H19Cl2N3OS2/c1-2-3-4-9-18(26)25-20(27)24-16-10-12(13(21)11-14(16)22)19-23-15-7-5-6-8-17(15)28-19/h5-8,10-11H,2-4,9H2,1H3,(H2,24,25,26,27). The van der Waals surface area contributed by atoms with Crippen LogP contribution in [-0.2, 0) is 4.79 Å². The monoisotopic (exact) mass is 451 g/mol. The molecule has 2 N–H and O–H groups in total. The summed E-state index contributed by atoms with van der Waals surface area (Å²) in [6.07, 6.45) is 3.36. The van der Waals surface area contributed by atoms with E-state index in [2.05, 4.69) is 22.5 Å². The first kappa shape index (κ1) is 21.0. The zero-order valence-corrected chi connectivity index (χ0v) is 18.4. The number of aromatic nitrogens is 1. The number of nitrogens with one attached hydrogen (secondary N) is 2. The molecule has 0 saturated carbocycles. The maximum absolute atomic E-state index is 11.9. The van der Waals surface area contributed by atoms with E-state index in [1.54, 1.807) is 23.5 Å². The first-order valence-corrected chi connectivity index (χ1v) is 10.9. The van der Waals surface area contributed by atoms with Gasteiger partial charge in [0.15, 0.2) is 5.11 Å². The molecule has 1 heterocycles. The lowest BCUT2D eigenvalue weighted by Crippen LogP contribution is -2.34. The number of thiocarbonyl (C=S) groups is 1. The number of benzene rings is 2. The predicted octanol–water partition coefficient (Wildman–Crippen LogP) is 6.66. The summed E-state index contributed by atoms with van der Waals surface area (Å²) in [5, 5.41) is 7.59. The summed E-state index contributed by atoms with van der Waals surface area (Å²) in [5.74, 6) is -0.109. The van der Waals surface area contributed by atoms with E-state index in [9.17, 15) is 4.79 Å². The first-order valence-electron chi connectivity index (χ1n) is 8.93. The summed E-state index contributed by atoms with van der Waals surface area (Å²) >= 11 is 19.5. The third-order valence-corrected chi connectivity index (χ3v) is 5.99. The van der Waals surface area contributed by atoms with Crippen molar-refractivity contribution in [1.29, 1.82) is 0 Å². The fraction of sp³-hybridized carbons (Fsp3) is 0.250. The number of hydrogen-bond donors (Lipinski definition) is 2. The molecule has 0 atom stereocenters. The Labute approximate surface area is 183 Å². The van der Waals surface area contributed by atoms with Crippen molar-refractivity contribution in [2.24, 2.45) is 0 Å². The SMILES string of the molecule is CCCCCC(=O)NC(=S)Nc1cc(-c2nc3ccccc3s2)c(Cl)cc1Cl. The second kappa shape index (κ2) is 9.65. The molecule has 0 bridgehead atoms. The molecule has 28 heavy (non-hydrogen) atoms. The first-order chi connectivity index (χ1) is 13.5. The fourth-order valence-corrected chi connectivity index (χ4v) is 4.47. The van der Waals surface area contributed by atoms with Crippen LogP contribution in [0.5, 0.6) is 0 Å². The molecule has 146 valence electrons. The Morgan fingerprint density at radius 3 is 2.71 bits per heavy atom. The minimum atomic E-state index is -0.109. The van der Waals surface area contributed by atoms with Gasteiger partial charge in [0.05, 0.1) is 25.9 Å². The molecule has 0 spiro atoms. The van der Waals surface area contributed by atoms with E-state index in [0.29, 0.717) is 22.2 Å². The number of carbonyl (C=O) groups excluding carboxylic acids is 1. The van der Waals surface area contributed by atoms with Gasteiger partial charge in [0, 0.05) is 12.0 Å². The van der Waals surface area contributed by atoms with Crippen molar-refractivity contribution in [3.63, 3.8) is 0 Å². The summed E-state index contributed by atoms with van der Waals surface area (Å²) in [5.41, 5.74) is 2.24. The number of rotatable bonds is 6. The van der Waals surface area contributed by atoms with Crippen molar-refractivity contribution in [2.45, 2.75) is 32.6 Å². The van der Waals surface area contributed by atoms with Gasteiger partial charge in [-0.1, -0.05) is 55.1 Å². The number of para-hydroxylation sites is 1. The highest BCUT2D eigenvalue weighted by molar-refractivity contribution is 7.80.